The van der Waals surface area contributed by atoms with E-state index in [9.17, 15) is 0 Å². The minimum atomic E-state index is 0.826. The van der Waals surface area contributed by atoms with Crippen LogP contribution in [-0.4, -0.2) is 55.2 Å². The summed E-state index contributed by atoms with van der Waals surface area (Å²) >= 11 is 0. The Kier molecular flexibility index (Phi) is 4.93. The fraction of sp³-hybridized carbons (Fsp3) is 0.647. The van der Waals surface area contributed by atoms with E-state index in [0.29, 0.717) is 0 Å². The van der Waals surface area contributed by atoms with Gasteiger partial charge in [0.05, 0.1) is 6.61 Å². The molecule has 2 fully saturated rings. The molecular weight excluding hydrogens is 248 g/mol. The Bertz CT molecular complexity index is 395. The normalized spacial score (nSPS) is 24.3. The molecule has 0 aromatic heterocycles. The van der Waals surface area contributed by atoms with Gasteiger partial charge in [-0.1, -0.05) is 24.6 Å². The number of benzene rings is 1. The maximum absolute atomic E-state index is 5.77. The summed E-state index contributed by atoms with van der Waals surface area (Å²) in [5.74, 6) is 0.990. The molecule has 110 valence electrons. The highest BCUT2D eigenvalue weighted by molar-refractivity contribution is 5.20. The van der Waals surface area contributed by atoms with Crippen molar-refractivity contribution in [2.75, 3.05) is 39.3 Å². The smallest absolute Gasteiger partial charge is 0.119 e. The predicted molar refractivity (Wildman–Crippen MR) is 82.2 cm³/mol. The van der Waals surface area contributed by atoms with Gasteiger partial charge in [0.2, 0.25) is 0 Å². The Morgan fingerprint density at radius 1 is 1.05 bits per heavy atom. The predicted octanol–water partition coefficient (Wildman–Crippen LogP) is 2.63. The highest BCUT2D eigenvalue weighted by atomic mass is 16.5. The fourth-order valence-corrected chi connectivity index (χ4v) is 3.42. The lowest BCUT2D eigenvalue weighted by Gasteiger charge is -2.44. The third kappa shape index (κ3) is 3.74. The van der Waals surface area contributed by atoms with Gasteiger partial charge in [0, 0.05) is 32.2 Å². The van der Waals surface area contributed by atoms with Gasteiger partial charge in [-0.25, -0.2) is 0 Å². The lowest BCUT2D eigenvalue weighted by molar-refractivity contribution is 0.0471. The third-order valence-electron chi connectivity index (χ3n) is 4.55. The molecule has 0 N–H and O–H groups in total. The van der Waals surface area contributed by atoms with Crippen molar-refractivity contribution >= 4 is 0 Å². The van der Waals surface area contributed by atoms with Gasteiger partial charge in [0.1, 0.15) is 5.75 Å². The van der Waals surface area contributed by atoms with Crippen LogP contribution in [0.25, 0.3) is 0 Å². The Labute approximate surface area is 122 Å². The molecule has 0 spiro atoms. The summed E-state index contributed by atoms with van der Waals surface area (Å²) < 4.78 is 5.77. The molecule has 20 heavy (non-hydrogen) atoms. The van der Waals surface area contributed by atoms with Crippen LogP contribution in [0.5, 0.6) is 5.75 Å². The first-order valence-electron chi connectivity index (χ1n) is 8.06. The highest BCUT2D eigenvalue weighted by Crippen LogP contribution is 2.21. The number of ether oxygens (including phenoxy) is 1. The van der Waals surface area contributed by atoms with Gasteiger partial charge in [0.15, 0.2) is 0 Å². The molecule has 2 saturated heterocycles. The highest BCUT2D eigenvalue weighted by Gasteiger charge is 2.28. The van der Waals surface area contributed by atoms with Gasteiger partial charge in [-0.2, -0.15) is 0 Å². The first-order chi connectivity index (χ1) is 9.92. The number of rotatable bonds is 5. The van der Waals surface area contributed by atoms with Crippen LogP contribution in [-0.2, 0) is 0 Å². The van der Waals surface area contributed by atoms with Crippen LogP contribution in [0.4, 0.5) is 0 Å². The summed E-state index contributed by atoms with van der Waals surface area (Å²) in [6.07, 6.45) is 5.35. The Morgan fingerprint density at radius 2 is 1.95 bits per heavy atom. The van der Waals surface area contributed by atoms with Crippen LogP contribution in [0.1, 0.15) is 25.7 Å². The van der Waals surface area contributed by atoms with Crippen molar-refractivity contribution in [3.05, 3.63) is 30.3 Å². The molecule has 0 saturated carbocycles. The van der Waals surface area contributed by atoms with Gasteiger partial charge < -0.3 is 9.64 Å². The van der Waals surface area contributed by atoms with Gasteiger partial charge in [-0.3, -0.25) is 4.90 Å². The van der Waals surface area contributed by atoms with Gasteiger partial charge in [-0.05, 0) is 37.9 Å². The molecule has 0 aliphatic carbocycles. The topological polar surface area (TPSA) is 15.7 Å². The average molecular weight is 274 g/mol. The summed E-state index contributed by atoms with van der Waals surface area (Å²) in [6, 6.07) is 11.0. The molecule has 0 radical (unpaired) electrons. The van der Waals surface area contributed by atoms with Crippen LogP contribution < -0.4 is 4.74 Å². The summed E-state index contributed by atoms with van der Waals surface area (Å²) in [4.78, 5) is 5.32. The number of fused-ring (bicyclic) bond motifs is 1. The van der Waals surface area contributed by atoms with E-state index in [-0.39, 0.29) is 0 Å². The molecule has 2 heterocycles. The number of nitrogens with zero attached hydrogens (tertiary/aromatic N) is 2. The average Bonchev–Trinajstić information content (AvgIpc) is 2.52. The molecule has 1 aromatic rings. The zero-order valence-corrected chi connectivity index (χ0v) is 12.3. The molecule has 3 nitrogen and oxygen atoms in total. The van der Waals surface area contributed by atoms with Crippen molar-refractivity contribution in [3.8, 4) is 5.75 Å². The molecule has 0 bridgehead atoms. The van der Waals surface area contributed by atoms with Crippen LogP contribution in [0.3, 0.4) is 0 Å². The fourth-order valence-electron chi connectivity index (χ4n) is 3.42. The number of piperidine rings is 1. The molecule has 1 aromatic carbocycles. The molecule has 1 atom stereocenters. The minimum absolute atomic E-state index is 0.826. The van der Waals surface area contributed by atoms with E-state index in [0.717, 1.165) is 24.8 Å². The monoisotopic (exact) mass is 274 g/mol. The quantitative estimate of drug-likeness (QED) is 0.768. The van der Waals surface area contributed by atoms with E-state index in [4.69, 9.17) is 4.74 Å². The van der Waals surface area contributed by atoms with E-state index in [1.54, 1.807) is 0 Å². The van der Waals surface area contributed by atoms with Crippen LogP contribution in [0, 0.1) is 0 Å². The van der Waals surface area contributed by atoms with Gasteiger partial charge in [0.25, 0.3) is 0 Å². The maximum atomic E-state index is 5.77. The molecule has 1 unspecified atom stereocenters. The molecule has 3 rings (SSSR count). The van der Waals surface area contributed by atoms with Crippen LogP contribution >= 0.6 is 0 Å². The van der Waals surface area contributed by atoms with E-state index in [1.165, 1.54) is 52.0 Å². The second-order valence-electron chi connectivity index (χ2n) is 6.00. The SMILES string of the molecule is c1ccc(OCCCN2CCN3CCCCC3C2)cc1. The zero-order chi connectivity index (χ0) is 13.6. The Hall–Kier alpha value is -1.06. The lowest BCUT2D eigenvalue weighted by Crippen LogP contribution is -2.54. The first kappa shape index (κ1) is 13.9. The molecule has 2 aliphatic heterocycles. The van der Waals surface area contributed by atoms with Crippen molar-refractivity contribution in [3.63, 3.8) is 0 Å². The molecule has 0 amide bonds. The number of piperazine rings is 1. The number of hydrogen-bond acceptors (Lipinski definition) is 3. The minimum Gasteiger partial charge on any atom is -0.494 e. The second-order valence-corrected chi connectivity index (χ2v) is 6.00. The van der Waals surface area contributed by atoms with Crippen LogP contribution in [0.15, 0.2) is 30.3 Å². The second kappa shape index (κ2) is 7.09. The molecule has 2 aliphatic rings. The van der Waals surface area contributed by atoms with E-state index >= 15 is 0 Å². The van der Waals surface area contributed by atoms with Crippen LogP contribution in [0.2, 0.25) is 0 Å². The summed E-state index contributed by atoms with van der Waals surface area (Å²) in [5.41, 5.74) is 0. The first-order valence-corrected chi connectivity index (χ1v) is 8.06. The van der Waals surface area contributed by atoms with E-state index < -0.39 is 0 Å². The van der Waals surface area contributed by atoms with Gasteiger partial charge >= 0.3 is 0 Å². The molecular formula is C17H26N2O. The Morgan fingerprint density at radius 3 is 2.85 bits per heavy atom. The van der Waals surface area contributed by atoms with Crippen molar-refractivity contribution < 1.29 is 4.74 Å². The van der Waals surface area contributed by atoms with E-state index in [2.05, 4.69) is 9.80 Å². The summed E-state index contributed by atoms with van der Waals surface area (Å²) in [7, 11) is 0. The Balaban J connectivity index is 1.35. The van der Waals surface area contributed by atoms with E-state index in [1.807, 2.05) is 30.3 Å². The van der Waals surface area contributed by atoms with Crippen molar-refractivity contribution in [1.29, 1.82) is 0 Å². The lowest BCUT2D eigenvalue weighted by atomic mass is 9.99. The number of para-hydroxylation sites is 1. The standard InChI is InChI=1S/C17H26N2O/c1-2-8-17(9-3-1)20-14-6-10-18-12-13-19-11-5-4-7-16(19)15-18/h1-3,8-9,16H,4-7,10-15H2. The summed E-state index contributed by atoms with van der Waals surface area (Å²) in [5, 5.41) is 0. The van der Waals surface area contributed by atoms with Gasteiger partial charge in [-0.15, -0.1) is 0 Å². The van der Waals surface area contributed by atoms with Crippen molar-refractivity contribution in [2.24, 2.45) is 0 Å². The molecule has 3 heteroatoms. The summed E-state index contributed by atoms with van der Waals surface area (Å²) in [6.45, 7) is 7.11. The number of hydrogen-bond donors (Lipinski definition) is 0. The van der Waals surface area contributed by atoms with Crippen molar-refractivity contribution in [2.45, 2.75) is 31.7 Å². The zero-order valence-electron chi connectivity index (χ0n) is 12.3. The third-order valence-corrected chi connectivity index (χ3v) is 4.55. The van der Waals surface area contributed by atoms with Crippen molar-refractivity contribution in [1.82, 2.24) is 9.80 Å². The maximum Gasteiger partial charge on any atom is 0.119 e. The largest absolute Gasteiger partial charge is 0.494 e.